The molecule has 11 heteroatoms. The van der Waals surface area contributed by atoms with E-state index < -0.39 is 53.3 Å². The number of ether oxygens (including phenoxy) is 3. The van der Waals surface area contributed by atoms with E-state index in [1.54, 1.807) is 52.0 Å². The first-order chi connectivity index (χ1) is 19.7. The van der Waals surface area contributed by atoms with E-state index in [1.807, 2.05) is 30.3 Å². The first kappa shape index (κ1) is 32.6. The van der Waals surface area contributed by atoms with E-state index in [0.29, 0.717) is 11.3 Å². The summed E-state index contributed by atoms with van der Waals surface area (Å²) in [7, 11) is 1.54. The Kier molecular flexibility index (Phi) is 10.7. The second-order valence-corrected chi connectivity index (χ2v) is 11.6. The minimum atomic E-state index is -1.41. The average molecular weight is 584 g/mol. The van der Waals surface area contributed by atoms with Crippen LogP contribution in [0.4, 0.5) is 4.79 Å². The zero-order valence-electron chi connectivity index (χ0n) is 24.9. The number of benzene rings is 2. The van der Waals surface area contributed by atoms with Gasteiger partial charge >= 0.3 is 6.09 Å². The van der Waals surface area contributed by atoms with Gasteiger partial charge in [-0.25, -0.2) is 4.79 Å². The van der Waals surface area contributed by atoms with Gasteiger partial charge in [0.2, 0.25) is 11.8 Å². The number of rotatable bonds is 13. The summed E-state index contributed by atoms with van der Waals surface area (Å²) < 4.78 is 15.8. The summed E-state index contributed by atoms with van der Waals surface area (Å²) >= 11 is 0. The van der Waals surface area contributed by atoms with E-state index in [9.17, 15) is 24.3 Å². The molecule has 0 radical (unpaired) electrons. The first-order valence-corrected chi connectivity index (χ1v) is 13.8. The number of Topliss-reactive ketones (excluding diaryl/α,β-unsaturated/α-hetero) is 1. The Hall–Kier alpha value is -3.96. The number of alkyl carbamates (subject to hydrolysis) is 1. The number of hydrogen-bond donors (Lipinski definition) is 4. The Morgan fingerprint density at radius 2 is 1.45 bits per heavy atom. The number of nitrogens with one attached hydrogen (secondary N) is 3. The van der Waals surface area contributed by atoms with Crippen molar-refractivity contribution in [3.8, 4) is 5.75 Å². The molecule has 1 aliphatic rings. The normalized spacial score (nSPS) is 18.9. The van der Waals surface area contributed by atoms with E-state index in [0.717, 1.165) is 5.56 Å². The lowest BCUT2D eigenvalue weighted by Crippen LogP contribution is -2.59. The number of hydrogen-bond acceptors (Lipinski definition) is 8. The minimum Gasteiger partial charge on any atom is -0.497 e. The lowest BCUT2D eigenvalue weighted by molar-refractivity contribution is -0.134. The molecular formula is C31H41N3O8. The predicted octanol–water partition coefficient (Wildman–Crippen LogP) is 2.08. The molecule has 5 atom stereocenters. The molecule has 3 rings (SSSR count). The largest absolute Gasteiger partial charge is 0.497 e. The fraction of sp³-hybridized carbons (Fsp3) is 0.484. The number of carbonyl (C=O) groups is 4. The number of ketones is 1. The van der Waals surface area contributed by atoms with Crippen LogP contribution in [-0.4, -0.2) is 77.9 Å². The fourth-order valence-electron chi connectivity index (χ4n) is 4.26. The Morgan fingerprint density at radius 1 is 0.905 bits per heavy atom. The summed E-state index contributed by atoms with van der Waals surface area (Å²) in [5.74, 6) is -1.07. The first-order valence-electron chi connectivity index (χ1n) is 13.8. The summed E-state index contributed by atoms with van der Waals surface area (Å²) in [6.45, 7) is 8.26. The van der Waals surface area contributed by atoms with E-state index in [2.05, 4.69) is 16.0 Å². The van der Waals surface area contributed by atoms with Gasteiger partial charge in [-0.3, -0.25) is 14.4 Å². The Balaban J connectivity index is 1.85. The molecule has 42 heavy (non-hydrogen) atoms. The van der Waals surface area contributed by atoms with Crippen LogP contribution in [0, 0.1) is 0 Å². The van der Waals surface area contributed by atoms with Gasteiger partial charge in [0, 0.05) is 6.42 Å². The highest BCUT2D eigenvalue weighted by Crippen LogP contribution is 2.29. The van der Waals surface area contributed by atoms with Crippen molar-refractivity contribution in [3.63, 3.8) is 0 Å². The third kappa shape index (κ3) is 9.56. The fourth-order valence-corrected chi connectivity index (χ4v) is 4.26. The molecule has 0 aliphatic carbocycles. The van der Waals surface area contributed by atoms with Crippen molar-refractivity contribution in [2.45, 2.75) is 82.9 Å². The Labute approximate surface area is 246 Å². The van der Waals surface area contributed by atoms with Crippen LogP contribution < -0.4 is 20.7 Å². The Bertz CT molecular complexity index is 1240. The van der Waals surface area contributed by atoms with Crippen molar-refractivity contribution in [3.05, 3.63) is 65.7 Å². The van der Waals surface area contributed by atoms with Crippen LogP contribution >= 0.6 is 0 Å². The molecule has 1 fully saturated rings. The highest BCUT2D eigenvalue weighted by atomic mass is 16.6. The second kappa shape index (κ2) is 13.8. The van der Waals surface area contributed by atoms with Crippen LogP contribution in [0.25, 0.3) is 0 Å². The third-order valence-corrected chi connectivity index (χ3v) is 6.68. The molecule has 11 nitrogen and oxygen atoms in total. The lowest BCUT2D eigenvalue weighted by Gasteiger charge is -2.28. The number of aliphatic hydroxyl groups excluding tert-OH is 1. The van der Waals surface area contributed by atoms with Crippen molar-refractivity contribution in [2.75, 3.05) is 13.7 Å². The van der Waals surface area contributed by atoms with Gasteiger partial charge in [0.15, 0.2) is 5.78 Å². The molecule has 1 heterocycles. The monoisotopic (exact) mass is 583 g/mol. The summed E-state index contributed by atoms with van der Waals surface area (Å²) in [5, 5.41) is 18.1. The van der Waals surface area contributed by atoms with Crippen molar-refractivity contribution in [1.82, 2.24) is 16.0 Å². The van der Waals surface area contributed by atoms with E-state index >= 15 is 0 Å². The van der Waals surface area contributed by atoms with Crippen LogP contribution in [0.3, 0.4) is 0 Å². The maximum absolute atomic E-state index is 13.7. The summed E-state index contributed by atoms with van der Waals surface area (Å²) in [4.78, 5) is 52.8. The zero-order valence-corrected chi connectivity index (χ0v) is 24.9. The highest BCUT2D eigenvalue weighted by Gasteiger charge is 2.50. The number of amides is 3. The summed E-state index contributed by atoms with van der Waals surface area (Å²) in [6, 6.07) is 12.7. The summed E-state index contributed by atoms with van der Waals surface area (Å²) in [6.07, 6.45) is -1.92. The molecule has 0 spiro atoms. The molecule has 3 amide bonds. The second-order valence-electron chi connectivity index (χ2n) is 11.6. The molecule has 2 aromatic rings. The van der Waals surface area contributed by atoms with Gasteiger partial charge < -0.3 is 35.3 Å². The van der Waals surface area contributed by atoms with Crippen LogP contribution in [0.5, 0.6) is 5.75 Å². The van der Waals surface area contributed by atoms with Crippen LogP contribution in [0.15, 0.2) is 54.6 Å². The topological polar surface area (TPSA) is 156 Å². The molecule has 1 saturated heterocycles. The van der Waals surface area contributed by atoms with Gasteiger partial charge in [-0.05, 0) is 64.3 Å². The predicted molar refractivity (Wildman–Crippen MR) is 155 cm³/mol. The molecule has 2 aromatic carbocycles. The van der Waals surface area contributed by atoms with E-state index in [1.165, 1.54) is 14.0 Å². The standard InChI is InChI=1S/C31H41N3O8/c1-19(35)25(34-29(39)42-30(2,3)4)28(38)33-24(17-21-12-14-22(40-6)15-13-21)27(37)32-23(26(36)31(5)18-41-31)16-20-10-8-7-9-11-20/h7-15,19,23-25,35H,16-18H2,1-6H3,(H,32,37)(H,33,38)(H,34,39). The average Bonchev–Trinajstić information content (AvgIpc) is 3.68. The molecule has 0 saturated carbocycles. The van der Waals surface area contributed by atoms with Gasteiger partial charge in [-0.2, -0.15) is 0 Å². The van der Waals surface area contributed by atoms with Gasteiger partial charge in [0.25, 0.3) is 0 Å². The summed E-state index contributed by atoms with van der Waals surface area (Å²) in [5.41, 5.74) is -0.279. The molecule has 5 unspecified atom stereocenters. The SMILES string of the molecule is COc1ccc(CC(NC(=O)C(NC(=O)OC(C)(C)C)C(C)O)C(=O)NC(Cc2ccccc2)C(=O)C2(C)CO2)cc1. The van der Waals surface area contributed by atoms with Crippen molar-refractivity contribution in [1.29, 1.82) is 0 Å². The maximum atomic E-state index is 13.7. The smallest absolute Gasteiger partial charge is 0.408 e. The van der Waals surface area contributed by atoms with Crippen molar-refractivity contribution < 1.29 is 38.5 Å². The number of carbonyl (C=O) groups excluding carboxylic acids is 4. The highest BCUT2D eigenvalue weighted by molar-refractivity contribution is 5.98. The zero-order chi connectivity index (χ0) is 31.1. The molecule has 228 valence electrons. The van der Waals surface area contributed by atoms with Crippen LogP contribution in [0.1, 0.15) is 45.7 Å². The van der Waals surface area contributed by atoms with Gasteiger partial charge in [-0.15, -0.1) is 0 Å². The Morgan fingerprint density at radius 3 is 1.98 bits per heavy atom. The number of methoxy groups -OCH3 is 1. The van der Waals surface area contributed by atoms with E-state index in [4.69, 9.17) is 14.2 Å². The molecule has 0 bridgehead atoms. The minimum absolute atomic E-state index is 0.0561. The van der Waals surface area contributed by atoms with Gasteiger partial charge in [0.05, 0.1) is 25.9 Å². The lowest BCUT2D eigenvalue weighted by atomic mass is 9.94. The maximum Gasteiger partial charge on any atom is 0.408 e. The van der Waals surface area contributed by atoms with Crippen molar-refractivity contribution in [2.24, 2.45) is 0 Å². The van der Waals surface area contributed by atoms with Crippen LogP contribution in [0.2, 0.25) is 0 Å². The van der Waals surface area contributed by atoms with Gasteiger partial charge in [0.1, 0.15) is 29.0 Å². The van der Waals surface area contributed by atoms with Crippen LogP contribution in [-0.2, 0) is 36.7 Å². The molecule has 4 N–H and O–H groups in total. The van der Waals surface area contributed by atoms with E-state index in [-0.39, 0.29) is 25.2 Å². The van der Waals surface area contributed by atoms with Gasteiger partial charge in [-0.1, -0.05) is 42.5 Å². The quantitative estimate of drug-likeness (QED) is 0.261. The molecule has 0 aromatic heterocycles. The van der Waals surface area contributed by atoms with Crippen molar-refractivity contribution >= 4 is 23.7 Å². The number of aliphatic hydroxyl groups is 1. The molecule has 1 aliphatic heterocycles. The third-order valence-electron chi connectivity index (χ3n) is 6.68. The molecular weight excluding hydrogens is 542 g/mol. The number of epoxide rings is 1.